The predicted molar refractivity (Wildman–Crippen MR) is 68.4 cm³/mol. The van der Waals surface area contributed by atoms with Crippen molar-refractivity contribution in [1.82, 2.24) is 10.2 Å². The molecule has 6 nitrogen and oxygen atoms in total. The molecule has 0 atom stereocenters. The summed E-state index contributed by atoms with van der Waals surface area (Å²) in [6.07, 6.45) is 0.354. The highest BCUT2D eigenvalue weighted by atomic mass is 16.4. The zero-order valence-corrected chi connectivity index (χ0v) is 11.8. The van der Waals surface area contributed by atoms with E-state index in [9.17, 15) is 14.7 Å². The van der Waals surface area contributed by atoms with Crippen LogP contribution in [0.15, 0.2) is 0 Å². The Labute approximate surface area is 108 Å². The highest BCUT2D eigenvalue weighted by Gasteiger charge is 2.25. The molecular formula is C12H24N2O4. The van der Waals surface area contributed by atoms with Crippen LogP contribution >= 0.6 is 0 Å². The third kappa shape index (κ3) is 7.89. The van der Waals surface area contributed by atoms with Crippen LogP contribution in [-0.2, 0) is 4.79 Å². The fourth-order valence-corrected chi connectivity index (χ4v) is 1.52. The van der Waals surface area contributed by atoms with Crippen LogP contribution in [0.1, 0.15) is 40.5 Å². The molecule has 0 aromatic rings. The van der Waals surface area contributed by atoms with Gasteiger partial charge in [-0.05, 0) is 34.1 Å². The van der Waals surface area contributed by atoms with Crippen molar-refractivity contribution >= 4 is 12.0 Å². The van der Waals surface area contributed by atoms with Crippen molar-refractivity contribution in [3.63, 3.8) is 0 Å². The first-order valence-electron chi connectivity index (χ1n) is 5.90. The average Bonchev–Trinajstić information content (AvgIpc) is 2.11. The molecule has 0 bridgehead atoms. The van der Waals surface area contributed by atoms with Crippen LogP contribution in [0.5, 0.6) is 0 Å². The zero-order valence-electron chi connectivity index (χ0n) is 11.8. The second-order valence-corrected chi connectivity index (χ2v) is 5.88. The Balaban J connectivity index is 4.32. The van der Waals surface area contributed by atoms with Crippen molar-refractivity contribution in [3.05, 3.63) is 0 Å². The lowest BCUT2D eigenvalue weighted by Gasteiger charge is -2.31. The van der Waals surface area contributed by atoms with Crippen LogP contribution in [0.4, 0.5) is 4.79 Å². The van der Waals surface area contributed by atoms with E-state index < -0.39 is 17.1 Å². The first-order chi connectivity index (χ1) is 7.93. The quantitative estimate of drug-likeness (QED) is 0.665. The second kappa shape index (κ2) is 6.04. The number of hydrogen-bond donors (Lipinski definition) is 3. The zero-order chi connectivity index (χ0) is 14.6. The molecule has 106 valence electrons. The van der Waals surface area contributed by atoms with Gasteiger partial charge in [-0.25, -0.2) is 4.79 Å². The summed E-state index contributed by atoms with van der Waals surface area (Å²) in [7, 11) is 1.58. The highest BCUT2D eigenvalue weighted by Crippen LogP contribution is 2.12. The van der Waals surface area contributed by atoms with E-state index in [4.69, 9.17) is 5.11 Å². The van der Waals surface area contributed by atoms with Gasteiger partial charge in [-0.15, -0.1) is 0 Å². The molecule has 0 rings (SSSR count). The molecule has 0 heterocycles. The van der Waals surface area contributed by atoms with Crippen molar-refractivity contribution in [2.24, 2.45) is 0 Å². The molecule has 0 saturated heterocycles. The standard InChI is InChI=1S/C12H24N2O4/c1-11(2,7-6-9(15)16)13-10(17)14(5)8-12(3,4)18/h18H,6-8H2,1-5H3,(H,13,17)(H,15,16). The predicted octanol–water partition coefficient (Wildman–Crippen LogP) is 1.04. The summed E-state index contributed by atoms with van der Waals surface area (Å²) in [6, 6.07) is -0.326. The van der Waals surface area contributed by atoms with Crippen molar-refractivity contribution in [1.29, 1.82) is 0 Å². The summed E-state index contributed by atoms with van der Waals surface area (Å²) in [4.78, 5) is 23.7. The molecule has 0 unspecified atom stereocenters. The molecule has 0 aromatic carbocycles. The summed E-state index contributed by atoms with van der Waals surface area (Å²) >= 11 is 0. The maximum Gasteiger partial charge on any atom is 0.317 e. The van der Waals surface area contributed by atoms with E-state index in [0.717, 1.165) is 0 Å². The van der Waals surface area contributed by atoms with E-state index in [2.05, 4.69) is 5.32 Å². The Hall–Kier alpha value is -1.30. The molecule has 0 aliphatic carbocycles. The SMILES string of the molecule is CN(CC(C)(C)O)C(=O)NC(C)(C)CCC(=O)O. The fourth-order valence-electron chi connectivity index (χ4n) is 1.52. The van der Waals surface area contributed by atoms with Crippen LogP contribution in [-0.4, -0.2) is 51.8 Å². The van der Waals surface area contributed by atoms with Gasteiger partial charge in [0.05, 0.1) is 12.1 Å². The maximum atomic E-state index is 11.8. The minimum Gasteiger partial charge on any atom is -0.481 e. The van der Waals surface area contributed by atoms with Gasteiger partial charge in [0, 0.05) is 19.0 Å². The summed E-state index contributed by atoms with van der Waals surface area (Å²) in [5, 5.41) is 21.0. The molecule has 0 aliphatic heterocycles. The molecule has 2 amide bonds. The van der Waals surface area contributed by atoms with Gasteiger partial charge >= 0.3 is 12.0 Å². The van der Waals surface area contributed by atoms with Crippen molar-refractivity contribution in [2.75, 3.05) is 13.6 Å². The monoisotopic (exact) mass is 260 g/mol. The smallest absolute Gasteiger partial charge is 0.317 e. The van der Waals surface area contributed by atoms with Crippen LogP contribution in [0, 0.1) is 0 Å². The number of carboxylic acid groups (broad SMARTS) is 1. The largest absolute Gasteiger partial charge is 0.481 e. The summed E-state index contributed by atoms with van der Waals surface area (Å²) in [5.74, 6) is -0.887. The molecule has 0 aromatic heterocycles. The van der Waals surface area contributed by atoms with Gasteiger partial charge in [-0.3, -0.25) is 4.79 Å². The number of carbonyl (C=O) groups excluding carboxylic acids is 1. The molecule has 0 fully saturated rings. The van der Waals surface area contributed by atoms with Gasteiger partial charge in [0.2, 0.25) is 0 Å². The molecule has 0 aliphatic rings. The minimum atomic E-state index is -0.961. The van der Waals surface area contributed by atoms with E-state index in [1.54, 1.807) is 34.7 Å². The highest BCUT2D eigenvalue weighted by molar-refractivity contribution is 5.75. The number of aliphatic carboxylic acids is 1. The van der Waals surface area contributed by atoms with E-state index >= 15 is 0 Å². The van der Waals surface area contributed by atoms with Gasteiger partial charge in [0.15, 0.2) is 0 Å². The van der Waals surface area contributed by atoms with Crippen LogP contribution in [0.3, 0.4) is 0 Å². The lowest BCUT2D eigenvalue weighted by Crippen LogP contribution is -2.51. The van der Waals surface area contributed by atoms with E-state index in [-0.39, 0.29) is 19.0 Å². The maximum absolute atomic E-state index is 11.8. The van der Waals surface area contributed by atoms with Gasteiger partial charge < -0.3 is 20.4 Å². The van der Waals surface area contributed by atoms with Crippen LogP contribution in [0.2, 0.25) is 0 Å². The number of urea groups is 1. The van der Waals surface area contributed by atoms with E-state index in [1.165, 1.54) is 4.90 Å². The Kier molecular flexibility index (Phi) is 5.60. The topological polar surface area (TPSA) is 89.9 Å². The number of nitrogens with one attached hydrogen (secondary N) is 1. The Morgan fingerprint density at radius 3 is 2.11 bits per heavy atom. The summed E-state index contributed by atoms with van der Waals surface area (Å²) in [6.45, 7) is 6.98. The van der Waals surface area contributed by atoms with Crippen LogP contribution in [0.25, 0.3) is 0 Å². The van der Waals surface area contributed by atoms with Gasteiger partial charge in [-0.1, -0.05) is 0 Å². The van der Waals surface area contributed by atoms with Gasteiger partial charge in [0.1, 0.15) is 0 Å². The number of rotatable bonds is 6. The number of amides is 2. The van der Waals surface area contributed by atoms with Gasteiger partial charge in [0.25, 0.3) is 0 Å². The Morgan fingerprint density at radius 1 is 1.22 bits per heavy atom. The number of likely N-dealkylation sites (N-methyl/N-ethyl adjacent to an activating group) is 1. The van der Waals surface area contributed by atoms with Crippen molar-refractivity contribution < 1.29 is 19.8 Å². The van der Waals surface area contributed by atoms with Gasteiger partial charge in [-0.2, -0.15) is 0 Å². The lowest BCUT2D eigenvalue weighted by atomic mass is 9.98. The van der Waals surface area contributed by atoms with Crippen LogP contribution < -0.4 is 5.32 Å². The molecule has 18 heavy (non-hydrogen) atoms. The number of hydrogen-bond acceptors (Lipinski definition) is 3. The lowest BCUT2D eigenvalue weighted by molar-refractivity contribution is -0.137. The number of aliphatic hydroxyl groups is 1. The number of carboxylic acids is 1. The molecule has 6 heteroatoms. The second-order valence-electron chi connectivity index (χ2n) is 5.88. The minimum absolute atomic E-state index is 0.00247. The first kappa shape index (κ1) is 16.7. The molecular weight excluding hydrogens is 236 g/mol. The van der Waals surface area contributed by atoms with E-state index in [0.29, 0.717) is 6.42 Å². The molecule has 3 N–H and O–H groups in total. The molecule has 0 spiro atoms. The normalized spacial score (nSPS) is 12.1. The Bertz CT molecular complexity index is 308. The van der Waals surface area contributed by atoms with E-state index in [1.807, 2.05) is 0 Å². The summed E-state index contributed by atoms with van der Waals surface area (Å²) < 4.78 is 0. The average molecular weight is 260 g/mol. The molecule has 0 radical (unpaired) electrons. The first-order valence-corrected chi connectivity index (χ1v) is 5.90. The van der Waals surface area contributed by atoms with Crippen molar-refractivity contribution in [3.8, 4) is 0 Å². The third-order valence-corrected chi connectivity index (χ3v) is 2.38. The third-order valence-electron chi connectivity index (χ3n) is 2.38. The van der Waals surface area contributed by atoms with Crippen molar-refractivity contribution in [2.45, 2.75) is 51.7 Å². The Morgan fingerprint density at radius 2 is 1.72 bits per heavy atom. The summed E-state index contributed by atoms with van der Waals surface area (Å²) in [5.41, 5.74) is -1.55. The number of nitrogens with zero attached hydrogens (tertiary/aromatic N) is 1. The fraction of sp³-hybridized carbons (Fsp3) is 0.833. The molecule has 0 saturated carbocycles. The number of carbonyl (C=O) groups is 2.